The van der Waals surface area contributed by atoms with Crippen LogP contribution in [0.15, 0.2) is 0 Å². The first-order valence-corrected chi connectivity index (χ1v) is 21.3. The highest BCUT2D eigenvalue weighted by molar-refractivity contribution is 5.76. The fourth-order valence-electron chi connectivity index (χ4n) is 6.87. The molecule has 282 valence electrons. The van der Waals surface area contributed by atoms with Crippen LogP contribution in [0.4, 0.5) is 0 Å². The topological polar surface area (TPSA) is 89.8 Å². The van der Waals surface area contributed by atoms with E-state index in [9.17, 15) is 20.1 Å². The highest BCUT2D eigenvalue weighted by atomic mass is 16.3. The van der Waals surface area contributed by atoms with Crippen molar-refractivity contribution in [3.05, 3.63) is 0 Å². The summed E-state index contributed by atoms with van der Waals surface area (Å²) in [6.07, 6.45) is 42.1. The number of aliphatic hydroxyl groups excluding tert-OH is 3. The Morgan fingerprint density at radius 2 is 0.723 bits per heavy atom. The zero-order valence-corrected chi connectivity index (χ0v) is 31.9. The van der Waals surface area contributed by atoms with E-state index in [1.54, 1.807) is 0 Å². The van der Waals surface area contributed by atoms with Gasteiger partial charge in [0.05, 0.1) is 18.8 Å². The Morgan fingerprint density at radius 3 is 1.02 bits per heavy atom. The molecule has 0 aromatic carbocycles. The zero-order valence-electron chi connectivity index (χ0n) is 31.9. The minimum absolute atomic E-state index is 0.143. The van der Waals surface area contributed by atoms with Gasteiger partial charge < -0.3 is 20.6 Å². The molecule has 0 aliphatic heterocycles. The number of rotatable bonds is 39. The van der Waals surface area contributed by atoms with Crippen LogP contribution >= 0.6 is 0 Å². The number of amides is 1. The summed E-state index contributed by atoms with van der Waals surface area (Å²) < 4.78 is 0. The number of carbonyl (C=O) groups excluding carboxylic acids is 1. The van der Waals surface area contributed by atoms with Gasteiger partial charge in [0.25, 0.3) is 0 Å². The fourth-order valence-corrected chi connectivity index (χ4v) is 6.87. The van der Waals surface area contributed by atoms with Crippen LogP contribution < -0.4 is 5.32 Å². The second-order valence-electron chi connectivity index (χ2n) is 14.9. The maximum atomic E-state index is 12.3. The van der Waals surface area contributed by atoms with E-state index in [1.807, 2.05) is 0 Å². The molecule has 0 heterocycles. The molecule has 47 heavy (non-hydrogen) atoms. The molecule has 0 aromatic heterocycles. The molecule has 0 aliphatic rings. The number of nitrogens with one attached hydrogen (secondary N) is 1. The van der Waals surface area contributed by atoms with E-state index < -0.39 is 18.2 Å². The van der Waals surface area contributed by atoms with Gasteiger partial charge in [-0.15, -0.1) is 0 Å². The molecule has 0 saturated carbocycles. The molecule has 0 saturated heterocycles. The second kappa shape index (κ2) is 38.2. The lowest BCUT2D eigenvalue weighted by Crippen LogP contribution is -2.50. The summed E-state index contributed by atoms with van der Waals surface area (Å²) in [7, 11) is 0. The van der Waals surface area contributed by atoms with Crippen LogP contribution in [-0.4, -0.2) is 46.1 Å². The third-order valence-corrected chi connectivity index (χ3v) is 10.2. The number of carbonyl (C=O) groups is 1. The predicted molar refractivity (Wildman–Crippen MR) is 204 cm³/mol. The summed E-state index contributed by atoms with van der Waals surface area (Å²) in [5.41, 5.74) is 0. The lowest BCUT2D eigenvalue weighted by atomic mass is 9.99. The molecule has 5 heteroatoms. The molecule has 0 aliphatic carbocycles. The van der Waals surface area contributed by atoms with Gasteiger partial charge in [-0.2, -0.15) is 0 Å². The quantitative estimate of drug-likeness (QED) is 0.0491. The lowest BCUT2D eigenvalue weighted by Gasteiger charge is -2.26. The minimum Gasteiger partial charge on any atom is -0.394 e. The van der Waals surface area contributed by atoms with Gasteiger partial charge in [-0.05, 0) is 12.8 Å². The molecule has 0 aromatic rings. The number of unbranched alkanes of at least 4 members (excludes halogenated alkanes) is 31. The van der Waals surface area contributed by atoms with Crippen LogP contribution in [0, 0.1) is 0 Å². The summed E-state index contributed by atoms with van der Waals surface area (Å²) in [6.45, 7) is 4.18. The van der Waals surface area contributed by atoms with Gasteiger partial charge in [0.2, 0.25) is 5.91 Å². The van der Waals surface area contributed by atoms with Gasteiger partial charge in [0.1, 0.15) is 6.10 Å². The summed E-state index contributed by atoms with van der Waals surface area (Å²) in [6, 6.07) is -0.801. The zero-order chi connectivity index (χ0) is 34.5. The number of hydrogen-bond donors (Lipinski definition) is 4. The minimum atomic E-state index is -1.13. The van der Waals surface area contributed by atoms with E-state index in [-0.39, 0.29) is 12.5 Å². The van der Waals surface area contributed by atoms with E-state index >= 15 is 0 Å². The number of aliphatic hydroxyl groups is 3. The van der Waals surface area contributed by atoms with Crippen LogP contribution in [0.3, 0.4) is 0 Å². The third-order valence-electron chi connectivity index (χ3n) is 10.2. The molecule has 0 radical (unpaired) electrons. The van der Waals surface area contributed by atoms with E-state index in [1.165, 1.54) is 180 Å². The Labute approximate surface area is 294 Å². The standard InChI is InChI=1S/C42H85NO4/c1-3-5-7-9-11-13-15-16-17-18-19-20-21-22-23-24-25-27-28-30-32-34-36-40(45)42(47)39(38-44)43-41(46)37-35-33-31-29-26-14-12-10-8-6-4-2/h39-40,42,44-45,47H,3-38H2,1-2H3,(H,43,46). The third kappa shape index (κ3) is 33.6. The van der Waals surface area contributed by atoms with E-state index in [4.69, 9.17) is 0 Å². The summed E-state index contributed by atoms with van der Waals surface area (Å²) in [5.74, 6) is -0.143. The molecule has 0 fully saturated rings. The highest BCUT2D eigenvalue weighted by Crippen LogP contribution is 2.17. The smallest absolute Gasteiger partial charge is 0.220 e. The Morgan fingerprint density at radius 1 is 0.447 bits per heavy atom. The van der Waals surface area contributed by atoms with Crippen molar-refractivity contribution in [2.75, 3.05) is 6.61 Å². The van der Waals surface area contributed by atoms with Gasteiger partial charge in [-0.25, -0.2) is 0 Å². The molecule has 1 amide bonds. The van der Waals surface area contributed by atoms with Gasteiger partial charge in [-0.1, -0.05) is 219 Å². The monoisotopic (exact) mass is 668 g/mol. The molecular formula is C42H85NO4. The molecule has 0 bridgehead atoms. The molecule has 3 unspecified atom stereocenters. The van der Waals surface area contributed by atoms with Gasteiger partial charge in [0, 0.05) is 6.42 Å². The first-order chi connectivity index (χ1) is 23.1. The van der Waals surface area contributed by atoms with Crippen LogP contribution in [-0.2, 0) is 4.79 Å². The van der Waals surface area contributed by atoms with Crippen molar-refractivity contribution in [1.82, 2.24) is 5.32 Å². The van der Waals surface area contributed by atoms with Crippen LogP contribution in [0.25, 0.3) is 0 Å². The average Bonchev–Trinajstić information content (AvgIpc) is 3.07. The van der Waals surface area contributed by atoms with Crippen molar-refractivity contribution in [2.45, 2.75) is 257 Å². The highest BCUT2D eigenvalue weighted by Gasteiger charge is 2.26. The average molecular weight is 668 g/mol. The van der Waals surface area contributed by atoms with Crippen molar-refractivity contribution < 1.29 is 20.1 Å². The van der Waals surface area contributed by atoms with Gasteiger partial charge >= 0.3 is 0 Å². The molecule has 3 atom stereocenters. The fraction of sp³-hybridized carbons (Fsp3) is 0.976. The Kier molecular flexibility index (Phi) is 37.6. The van der Waals surface area contributed by atoms with Gasteiger partial charge in [0.15, 0.2) is 0 Å². The summed E-state index contributed by atoms with van der Waals surface area (Å²) in [5, 5.41) is 33.5. The molecule has 0 spiro atoms. The summed E-state index contributed by atoms with van der Waals surface area (Å²) >= 11 is 0. The Balaban J connectivity index is 3.55. The predicted octanol–water partition coefficient (Wildman–Crippen LogP) is 11.9. The largest absolute Gasteiger partial charge is 0.394 e. The molecule has 5 nitrogen and oxygen atoms in total. The van der Waals surface area contributed by atoms with Crippen LogP contribution in [0.5, 0.6) is 0 Å². The maximum Gasteiger partial charge on any atom is 0.220 e. The van der Waals surface area contributed by atoms with E-state index in [2.05, 4.69) is 19.2 Å². The van der Waals surface area contributed by atoms with Crippen molar-refractivity contribution in [3.63, 3.8) is 0 Å². The molecule has 4 N–H and O–H groups in total. The SMILES string of the molecule is CCCCCCCCCCCCCCCCCCCCCCCCC(O)C(O)C(CO)NC(=O)CCCCCCCCCCCCC. The van der Waals surface area contributed by atoms with Gasteiger partial charge in [-0.3, -0.25) is 4.79 Å². The first kappa shape index (κ1) is 46.4. The van der Waals surface area contributed by atoms with Crippen molar-refractivity contribution in [1.29, 1.82) is 0 Å². The number of hydrogen-bond acceptors (Lipinski definition) is 4. The molecule has 0 rings (SSSR count). The second-order valence-corrected chi connectivity index (χ2v) is 14.9. The molecular weight excluding hydrogens is 582 g/mol. The lowest BCUT2D eigenvalue weighted by molar-refractivity contribution is -0.124. The maximum absolute atomic E-state index is 12.3. The Bertz CT molecular complexity index is 615. The van der Waals surface area contributed by atoms with Crippen LogP contribution in [0.1, 0.15) is 239 Å². The first-order valence-electron chi connectivity index (χ1n) is 21.3. The van der Waals surface area contributed by atoms with Crippen molar-refractivity contribution in [3.8, 4) is 0 Å². The van der Waals surface area contributed by atoms with Crippen molar-refractivity contribution >= 4 is 5.91 Å². The normalized spacial score (nSPS) is 13.6. The van der Waals surface area contributed by atoms with Crippen LogP contribution in [0.2, 0.25) is 0 Å². The van der Waals surface area contributed by atoms with E-state index in [0.29, 0.717) is 12.8 Å². The summed E-state index contributed by atoms with van der Waals surface area (Å²) in [4.78, 5) is 12.3. The Hall–Kier alpha value is -0.650. The van der Waals surface area contributed by atoms with Crippen molar-refractivity contribution in [2.24, 2.45) is 0 Å². The van der Waals surface area contributed by atoms with E-state index in [0.717, 1.165) is 32.1 Å².